The van der Waals surface area contributed by atoms with Crippen LogP contribution in [0.15, 0.2) is 24.3 Å². The number of rotatable bonds is 6. The average Bonchev–Trinajstić information content (AvgIpc) is 3.23. The van der Waals surface area contributed by atoms with Gasteiger partial charge in [0.15, 0.2) is 0 Å². The van der Waals surface area contributed by atoms with Crippen molar-refractivity contribution in [2.24, 2.45) is 0 Å². The average molecular weight is 399 g/mol. The molecule has 1 saturated carbocycles. The molecular formula is C22H30N4O3. The van der Waals surface area contributed by atoms with Crippen LogP contribution in [0.2, 0.25) is 0 Å². The number of nitrogens with zero attached hydrogens (tertiary/aromatic N) is 3. The van der Waals surface area contributed by atoms with Crippen LogP contribution in [-0.4, -0.2) is 52.0 Å². The predicted octanol–water partition coefficient (Wildman–Crippen LogP) is 4.29. The third-order valence-corrected chi connectivity index (χ3v) is 6.17. The van der Waals surface area contributed by atoms with E-state index in [0.717, 1.165) is 6.04 Å². The number of carbonyl (C=O) groups excluding carboxylic acids is 1. The van der Waals surface area contributed by atoms with Crippen LogP contribution in [-0.2, 0) is 4.74 Å². The van der Waals surface area contributed by atoms with Gasteiger partial charge in [-0.1, -0.05) is 28.9 Å². The molecule has 156 valence electrons. The van der Waals surface area contributed by atoms with Gasteiger partial charge < -0.3 is 14.4 Å². The molecule has 2 aromatic rings. The smallest absolute Gasteiger partial charge is 0.362 e. The topological polar surface area (TPSA) is 80.3 Å². The van der Waals surface area contributed by atoms with E-state index in [1.807, 2.05) is 12.1 Å². The van der Waals surface area contributed by atoms with Crippen molar-refractivity contribution in [2.75, 3.05) is 19.7 Å². The number of hydrogen-bond acceptors (Lipinski definition) is 6. The van der Waals surface area contributed by atoms with Gasteiger partial charge in [-0.3, -0.25) is 0 Å². The maximum Gasteiger partial charge on any atom is 0.362 e. The lowest BCUT2D eigenvalue weighted by Gasteiger charge is -2.39. The highest BCUT2D eigenvalue weighted by atomic mass is 16.5. The van der Waals surface area contributed by atoms with E-state index in [2.05, 4.69) is 32.4 Å². The zero-order valence-corrected chi connectivity index (χ0v) is 17.1. The number of aromatic nitrogens is 3. The zero-order valence-electron chi connectivity index (χ0n) is 17.1. The Morgan fingerprint density at radius 3 is 2.52 bits per heavy atom. The number of esters is 1. The summed E-state index contributed by atoms with van der Waals surface area (Å²) in [7, 11) is 0. The fraction of sp³-hybridized carbons (Fsp3) is 0.591. The first-order valence-electron chi connectivity index (χ1n) is 10.8. The second kappa shape index (κ2) is 9.39. The third-order valence-electron chi connectivity index (χ3n) is 6.17. The molecule has 4 rings (SSSR count). The van der Waals surface area contributed by atoms with E-state index in [9.17, 15) is 4.79 Å². The van der Waals surface area contributed by atoms with Gasteiger partial charge in [0.2, 0.25) is 5.69 Å². The SMILES string of the molecule is CCOC(=O)c1[nH]nnc1Oc1ccc(C2CCC(N3CCCCC3)CC2)cc1. The molecular weight excluding hydrogens is 368 g/mol. The second-order valence-corrected chi connectivity index (χ2v) is 7.99. The molecule has 1 aromatic heterocycles. The number of likely N-dealkylation sites (tertiary alicyclic amines) is 1. The summed E-state index contributed by atoms with van der Waals surface area (Å²) in [5, 5.41) is 10.0. The van der Waals surface area contributed by atoms with Crippen LogP contribution in [0, 0.1) is 0 Å². The molecule has 0 atom stereocenters. The lowest BCUT2D eigenvalue weighted by Crippen LogP contribution is -2.41. The van der Waals surface area contributed by atoms with E-state index in [-0.39, 0.29) is 18.2 Å². The Kier molecular flexibility index (Phi) is 6.44. The van der Waals surface area contributed by atoms with Crippen LogP contribution in [0.25, 0.3) is 0 Å². The Bertz CT molecular complexity index is 791. The molecule has 0 radical (unpaired) electrons. The Hall–Kier alpha value is -2.41. The molecule has 1 aliphatic carbocycles. The highest BCUT2D eigenvalue weighted by Crippen LogP contribution is 2.36. The molecule has 7 heteroatoms. The van der Waals surface area contributed by atoms with Crippen molar-refractivity contribution in [3.63, 3.8) is 0 Å². The molecule has 29 heavy (non-hydrogen) atoms. The number of aromatic amines is 1. The summed E-state index contributed by atoms with van der Waals surface area (Å²) in [6.07, 6.45) is 9.22. The van der Waals surface area contributed by atoms with E-state index in [1.54, 1.807) is 6.92 Å². The van der Waals surface area contributed by atoms with Gasteiger partial charge in [-0.2, -0.15) is 0 Å². The molecule has 7 nitrogen and oxygen atoms in total. The van der Waals surface area contributed by atoms with Gasteiger partial charge in [0.25, 0.3) is 5.88 Å². The molecule has 2 fully saturated rings. The highest BCUT2D eigenvalue weighted by molar-refractivity contribution is 5.89. The minimum atomic E-state index is -0.519. The Morgan fingerprint density at radius 2 is 1.83 bits per heavy atom. The largest absolute Gasteiger partial charge is 0.461 e. The molecule has 0 bridgehead atoms. The molecule has 0 amide bonds. The van der Waals surface area contributed by atoms with Crippen molar-refractivity contribution < 1.29 is 14.3 Å². The van der Waals surface area contributed by atoms with E-state index < -0.39 is 5.97 Å². The van der Waals surface area contributed by atoms with Crippen molar-refractivity contribution in [1.82, 2.24) is 20.3 Å². The van der Waals surface area contributed by atoms with E-state index in [0.29, 0.717) is 11.7 Å². The van der Waals surface area contributed by atoms with Crippen molar-refractivity contribution in [3.8, 4) is 11.6 Å². The molecule has 1 aliphatic heterocycles. The summed E-state index contributed by atoms with van der Waals surface area (Å²) >= 11 is 0. The minimum Gasteiger partial charge on any atom is -0.461 e. The number of H-pyrrole nitrogens is 1. The zero-order chi connectivity index (χ0) is 20.1. The van der Waals surface area contributed by atoms with E-state index >= 15 is 0 Å². The fourth-order valence-electron chi connectivity index (χ4n) is 4.60. The number of hydrogen-bond donors (Lipinski definition) is 1. The van der Waals surface area contributed by atoms with Crippen LogP contribution >= 0.6 is 0 Å². The first-order chi connectivity index (χ1) is 14.2. The van der Waals surface area contributed by atoms with Gasteiger partial charge in [-0.25, -0.2) is 9.89 Å². The third kappa shape index (κ3) is 4.78. The van der Waals surface area contributed by atoms with Gasteiger partial charge in [0.05, 0.1) is 6.61 Å². The van der Waals surface area contributed by atoms with E-state index in [1.165, 1.54) is 63.6 Å². The monoisotopic (exact) mass is 398 g/mol. The predicted molar refractivity (Wildman–Crippen MR) is 109 cm³/mol. The van der Waals surface area contributed by atoms with E-state index in [4.69, 9.17) is 9.47 Å². The van der Waals surface area contributed by atoms with Crippen molar-refractivity contribution >= 4 is 5.97 Å². The van der Waals surface area contributed by atoms with Crippen LogP contribution in [0.1, 0.15) is 73.8 Å². The second-order valence-electron chi connectivity index (χ2n) is 7.99. The number of carbonyl (C=O) groups is 1. The summed E-state index contributed by atoms with van der Waals surface area (Å²) < 4.78 is 10.7. The van der Waals surface area contributed by atoms with Crippen LogP contribution in [0.3, 0.4) is 0 Å². The standard InChI is InChI=1S/C22H30N4O3/c1-2-28-22(27)20-21(24-25-23-20)29-19-12-8-17(9-13-19)16-6-10-18(11-7-16)26-14-4-3-5-15-26/h8-9,12-13,16,18H,2-7,10-11,14-15H2,1H3,(H,23,24,25). The van der Waals surface area contributed by atoms with Gasteiger partial charge in [0.1, 0.15) is 5.75 Å². The molecule has 0 unspecified atom stereocenters. The fourth-order valence-corrected chi connectivity index (χ4v) is 4.60. The highest BCUT2D eigenvalue weighted by Gasteiger charge is 2.27. The van der Waals surface area contributed by atoms with Crippen LogP contribution < -0.4 is 4.74 Å². The molecule has 2 heterocycles. The molecule has 2 aliphatic rings. The van der Waals surface area contributed by atoms with Gasteiger partial charge in [0, 0.05) is 6.04 Å². The first-order valence-corrected chi connectivity index (χ1v) is 10.8. The lowest BCUT2D eigenvalue weighted by molar-refractivity contribution is 0.0516. The van der Waals surface area contributed by atoms with Crippen molar-refractivity contribution in [1.29, 1.82) is 0 Å². The number of nitrogens with one attached hydrogen (secondary N) is 1. The summed E-state index contributed by atoms with van der Waals surface area (Å²) in [5.41, 5.74) is 1.49. The number of ether oxygens (including phenoxy) is 2. The maximum absolute atomic E-state index is 11.9. The maximum atomic E-state index is 11.9. The first kappa shape index (κ1) is 19.9. The Labute approximate surface area is 171 Å². The summed E-state index contributed by atoms with van der Waals surface area (Å²) in [4.78, 5) is 14.6. The number of piperidine rings is 1. The van der Waals surface area contributed by atoms with Crippen molar-refractivity contribution in [2.45, 2.75) is 63.8 Å². The minimum absolute atomic E-state index is 0.131. The molecule has 1 N–H and O–H groups in total. The molecule has 1 saturated heterocycles. The van der Waals surface area contributed by atoms with Gasteiger partial charge in [-0.05, 0) is 82.2 Å². The summed E-state index contributed by atoms with van der Waals surface area (Å²) in [6, 6.07) is 8.92. The lowest BCUT2D eigenvalue weighted by atomic mass is 9.81. The summed E-state index contributed by atoms with van der Waals surface area (Å²) in [5.74, 6) is 0.871. The summed E-state index contributed by atoms with van der Waals surface area (Å²) in [6.45, 7) is 4.61. The van der Waals surface area contributed by atoms with Gasteiger partial charge >= 0.3 is 5.97 Å². The van der Waals surface area contributed by atoms with Crippen molar-refractivity contribution in [3.05, 3.63) is 35.5 Å². The molecule has 1 aromatic carbocycles. The van der Waals surface area contributed by atoms with Crippen LogP contribution in [0.5, 0.6) is 11.6 Å². The Morgan fingerprint density at radius 1 is 1.10 bits per heavy atom. The van der Waals surface area contributed by atoms with Gasteiger partial charge in [-0.15, -0.1) is 0 Å². The van der Waals surface area contributed by atoms with Crippen LogP contribution in [0.4, 0.5) is 0 Å². The normalized spacial score (nSPS) is 22.9. The Balaban J connectivity index is 1.33. The molecule has 0 spiro atoms. The number of benzene rings is 1. The quantitative estimate of drug-likeness (QED) is 0.732.